The number of halogens is 1. The van der Waals surface area contributed by atoms with Crippen LogP contribution in [0.25, 0.3) is 10.1 Å². The normalized spacial score (nSPS) is 11.8. The Morgan fingerprint density at radius 3 is 2.31 bits per heavy atom. The average molecular weight is 387 g/mol. The van der Waals surface area contributed by atoms with Crippen LogP contribution >= 0.6 is 22.9 Å². The van der Waals surface area contributed by atoms with Crippen molar-refractivity contribution < 1.29 is 9.53 Å². The van der Waals surface area contributed by atoms with E-state index in [0.717, 1.165) is 26.8 Å². The molecule has 3 aromatic rings. The first-order valence-electron chi connectivity index (χ1n) is 8.63. The standard InChI is InChI=1S/C22H23ClO2S/c1-13-10-15(22(3,4)5)11-14(2)17(13)12-25-21(24)20-19(23)16-8-6-7-9-18(16)26-20/h6-11H,12H2,1-5H3. The third-order valence-corrected chi connectivity index (χ3v) is 6.29. The minimum atomic E-state index is -0.366. The number of benzene rings is 2. The van der Waals surface area contributed by atoms with Crippen LogP contribution in [0, 0.1) is 13.8 Å². The van der Waals surface area contributed by atoms with Gasteiger partial charge in [-0.3, -0.25) is 0 Å². The maximum atomic E-state index is 12.6. The van der Waals surface area contributed by atoms with Gasteiger partial charge in [0.1, 0.15) is 11.5 Å². The number of carbonyl (C=O) groups is 1. The highest BCUT2D eigenvalue weighted by atomic mass is 35.5. The van der Waals surface area contributed by atoms with Gasteiger partial charge >= 0.3 is 5.97 Å². The van der Waals surface area contributed by atoms with E-state index >= 15 is 0 Å². The summed E-state index contributed by atoms with van der Waals surface area (Å²) in [7, 11) is 0. The van der Waals surface area contributed by atoms with Gasteiger partial charge in [0.05, 0.1) is 5.02 Å². The Kier molecular flexibility index (Phi) is 5.14. The SMILES string of the molecule is Cc1cc(C(C)(C)C)cc(C)c1COC(=O)c1sc2ccccc2c1Cl. The van der Waals surface area contributed by atoms with Gasteiger partial charge in [0.15, 0.2) is 0 Å². The summed E-state index contributed by atoms with van der Waals surface area (Å²) in [5, 5.41) is 1.38. The molecule has 0 atom stereocenters. The number of aryl methyl sites for hydroxylation is 2. The second kappa shape index (κ2) is 7.05. The average Bonchev–Trinajstić information content (AvgIpc) is 2.90. The molecule has 0 fully saturated rings. The number of carbonyl (C=O) groups excluding carboxylic acids is 1. The molecule has 0 radical (unpaired) electrons. The van der Waals surface area contributed by atoms with E-state index in [1.807, 2.05) is 24.3 Å². The number of fused-ring (bicyclic) bond motifs is 1. The first-order chi connectivity index (χ1) is 12.2. The first-order valence-corrected chi connectivity index (χ1v) is 9.82. The van der Waals surface area contributed by atoms with Gasteiger partial charge in [-0.05, 0) is 47.6 Å². The fourth-order valence-corrected chi connectivity index (χ4v) is 4.40. The molecule has 0 spiro atoms. The molecule has 2 nitrogen and oxygen atoms in total. The molecule has 0 aliphatic heterocycles. The molecule has 0 saturated carbocycles. The molecule has 0 amide bonds. The molecule has 2 aromatic carbocycles. The Labute approximate surface area is 163 Å². The van der Waals surface area contributed by atoms with Gasteiger partial charge in [0, 0.05) is 10.1 Å². The van der Waals surface area contributed by atoms with Crippen molar-refractivity contribution in [1.82, 2.24) is 0 Å². The second-order valence-corrected chi connectivity index (χ2v) is 9.09. The van der Waals surface area contributed by atoms with Crippen LogP contribution in [-0.4, -0.2) is 5.97 Å². The van der Waals surface area contributed by atoms with Crippen molar-refractivity contribution in [2.24, 2.45) is 0 Å². The number of hydrogen-bond acceptors (Lipinski definition) is 3. The van der Waals surface area contributed by atoms with Gasteiger partial charge < -0.3 is 4.74 Å². The topological polar surface area (TPSA) is 26.3 Å². The van der Waals surface area contributed by atoms with E-state index in [-0.39, 0.29) is 18.0 Å². The fourth-order valence-electron chi connectivity index (χ4n) is 3.00. The quantitative estimate of drug-likeness (QED) is 0.461. The molecule has 1 heterocycles. The van der Waals surface area contributed by atoms with E-state index in [0.29, 0.717) is 9.90 Å². The third-order valence-electron chi connectivity index (χ3n) is 4.63. The Balaban J connectivity index is 1.82. The lowest BCUT2D eigenvalue weighted by Crippen LogP contribution is -2.13. The summed E-state index contributed by atoms with van der Waals surface area (Å²) in [6.45, 7) is 11.0. The summed E-state index contributed by atoms with van der Waals surface area (Å²) >= 11 is 7.75. The van der Waals surface area contributed by atoms with Crippen LogP contribution in [0.3, 0.4) is 0 Å². The van der Waals surface area contributed by atoms with Crippen LogP contribution in [0.5, 0.6) is 0 Å². The lowest BCUT2D eigenvalue weighted by molar-refractivity contribution is 0.0477. The van der Waals surface area contributed by atoms with E-state index in [2.05, 4.69) is 46.8 Å². The summed E-state index contributed by atoms with van der Waals surface area (Å²) in [6.07, 6.45) is 0. The number of ether oxygens (including phenoxy) is 1. The molecule has 0 aliphatic carbocycles. The zero-order chi connectivity index (χ0) is 19.1. The lowest BCUT2D eigenvalue weighted by atomic mass is 9.84. The Morgan fingerprint density at radius 2 is 1.73 bits per heavy atom. The number of esters is 1. The van der Waals surface area contributed by atoms with Crippen molar-refractivity contribution in [2.75, 3.05) is 0 Å². The van der Waals surface area contributed by atoms with Gasteiger partial charge in [-0.15, -0.1) is 11.3 Å². The molecule has 4 heteroatoms. The monoisotopic (exact) mass is 386 g/mol. The van der Waals surface area contributed by atoms with Crippen LogP contribution in [0.4, 0.5) is 0 Å². The molecule has 3 rings (SSSR count). The zero-order valence-corrected chi connectivity index (χ0v) is 17.3. The third kappa shape index (κ3) is 3.65. The summed E-state index contributed by atoms with van der Waals surface area (Å²) in [4.78, 5) is 13.0. The van der Waals surface area contributed by atoms with E-state index in [4.69, 9.17) is 16.3 Å². The van der Waals surface area contributed by atoms with Crippen LogP contribution in [0.1, 0.15) is 52.7 Å². The van der Waals surface area contributed by atoms with Crippen molar-refractivity contribution in [2.45, 2.75) is 46.6 Å². The minimum absolute atomic E-state index is 0.0926. The minimum Gasteiger partial charge on any atom is -0.457 e. The Bertz CT molecular complexity index is 956. The molecule has 0 bridgehead atoms. The molecule has 1 aromatic heterocycles. The predicted octanol–water partition coefficient (Wildman–Crippen LogP) is 6.83. The van der Waals surface area contributed by atoms with Crippen molar-refractivity contribution in [3.63, 3.8) is 0 Å². The van der Waals surface area contributed by atoms with Crippen LogP contribution in [-0.2, 0) is 16.8 Å². The lowest BCUT2D eigenvalue weighted by Gasteiger charge is -2.22. The van der Waals surface area contributed by atoms with Crippen molar-refractivity contribution in [3.8, 4) is 0 Å². The van der Waals surface area contributed by atoms with Crippen LogP contribution in [0.15, 0.2) is 36.4 Å². The van der Waals surface area contributed by atoms with Gasteiger partial charge in [-0.1, -0.05) is 62.7 Å². The molecule has 0 aliphatic rings. The largest absolute Gasteiger partial charge is 0.457 e. The van der Waals surface area contributed by atoms with Crippen molar-refractivity contribution in [3.05, 3.63) is 68.6 Å². The molecule has 26 heavy (non-hydrogen) atoms. The summed E-state index contributed by atoms with van der Waals surface area (Å²) in [5.41, 5.74) is 4.73. The molecular formula is C22H23ClO2S. The Hall–Kier alpha value is -1.84. The van der Waals surface area contributed by atoms with Crippen molar-refractivity contribution in [1.29, 1.82) is 0 Å². The summed E-state index contributed by atoms with van der Waals surface area (Å²) in [5.74, 6) is -0.366. The first kappa shape index (κ1) is 18.9. The zero-order valence-electron chi connectivity index (χ0n) is 15.8. The highest BCUT2D eigenvalue weighted by Crippen LogP contribution is 2.36. The van der Waals surface area contributed by atoms with Gasteiger partial charge in [-0.25, -0.2) is 4.79 Å². The predicted molar refractivity (Wildman–Crippen MR) is 111 cm³/mol. The highest BCUT2D eigenvalue weighted by Gasteiger charge is 2.20. The van der Waals surface area contributed by atoms with E-state index < -0.39 is 0 Å². The van der Waals surface area contributed by atoms with E-state index in [1.165, 1.54) is 16.9 Å². The van der Waals surface area contributed by atoms with E-state index in [9.17, 15) is 4.79 Å². The maximum absolute atomic E-state index is 12.6. The molecule has 0 unspecified atom stereocenters. The number of rotatable bonds is 3. The highest BCUT2D eigenvalue weighted by molar-refractivity contribution is 7.21. The maximum Gasteiger partial charge on any atom is 0.350 e. The van der Waals surface area contributed by atoms with Crippen LogP contribution < -0.4 is 0 Å². The molecule has 136 valence electrons. The van der Waals surface area contributed by atoms with Gasteiger partial charge in [0.2, 0.25) is 0 Å². The smallest absolute Gasteiger partial charge is 0.350 e. The van der Waals surface area contributed by atoms with Crippen molar-refractivity contribution >= 4 is 39.0 Å². The summed E-state index contributed by atoms with van der Waals surface area (Å²) in [6, 6.07) is 12.1. The van der Waals surface area contributed by atoms with Gasteiger partial charge in [0.25, 0.3) is 0 Å². The second-order valence-electron chi connectivity index (χ2n) is 7.66. The molecule has 0 saturated heterocycles. The number of hydrogen-bond donors (Lipinski definition) is 0. The summed E-state index contributed by atoms with van der Waals surface area (Å²) < 4.78 is 6.59. The molecule has 0 N–H and O–H groups in total. The molecular weight excluding hydrogens is 364 g/mol. The Morgan fingerprint density at radius 1 is 1.12 bits per heavy atom. The fraction of sp³-hybridized carbons (Fsp3) is 0.318. The van der Waals surface area contributed by atoms with E-state index in [1.54, 1.807) is 0 Å². The van der Waals surface area contributed by atoms with Gasteiger partial charge in [-0.2, -0.15) is 0 Å². The number of thiophene rings is 1. The van der Waals surface area contributed by atoms with Crippen LogP contribution in [0.2, 0.25) is 5.02 Å².